The van der Waals surface area contributed by atoms with Crippen molar-refractivity contribution >= 4 is 21.6 Å². The van der Waals surface area contributed by atoms with Crippen LogP contribution in [0.1, 0.15) is 19.4 Å². The summed E-state index contributed by atoms with van der Waals surface area (Å²) in [5.74, 6) is 0.942. The molecule has 3 heteroatoms. The number of ether oxygens (including phenoxy) is 1. The molecular weight excluding hydrogens is 302 g/mol. The first-order valence-corrected chi connectivity index (χ1v) is 7.19. The zero-order chi connectivity index (χ0) is 13.7. The third kappa shape index (κ3) is 4.00. The zero-order valence-corrected chi connectivity index (χ0v) is 12.8. The van der Waals surface area contributed by atoms with Crippen LogP contribution in [0.2, 0.25) is 0 Å². The Balaban J connectivity index is 2.09. The summed E-state index contributed by atoms with van der Waals surface area (Å²) in [6.07, 6.45) is 0.185. The molecule has 0 aliphatic rings. The molecule has 100 valence electrons. The summed E-state index contributed by atoms with van der Waals surface area (Å²) < 4.78 is 6.88. The Morgan fingerprint density at radius 3 is 2.47 bits per heavy atom. The Morgan fingerprint density at radius 2 is 1.74 bits per heavy atom. The molecule has 0 aliphatic heterocycles. The highest BCUT2D eigenvalue weighted by atomic mass is 79.9. The van der Waals surface area contributed by atoms with Crippen LogP contribution in [-0.2, 0) is 6.54 Å². The van der Waals surface area contributed by atoms with E-state index >= 15 is 0 Å². The van der Waals surface area contributed by atoms with Gasteiger partial charge in [-0.3, -0.25) is 0 Å². The Bertz CT molecular complexity index is 540. The predicted octanol–water partition coefficient (Wildman–Crippen LogP) is 4.85. The number of para-hydroxylation sites is 2. The van der Waals surface area contributed by atoms with Gasteiger partial charge in [0.25, 0.3) is 0 Å². The topological polar surface area (TPSA) is 21.3 Å². The Kier molecular flexibility index (Phi) is 4.86. The first-order valence-electron chi connectivity index (χ1n) is 6.40. The van der Waals surface area contributed by atoms with Crippen LogP contribution in [0.5, 0.6) is 5.75 Å². The molecule has 0 amide bonds. The average molecular weight is 320 g/mol. The van der Waals surface area contributed by atoms with Crippen molar-refractivity contribution in [3.8, 4) is 5.75 Å². The average Bonchev–Trinajstić information content (AvgIpc) is 2.39. The highest BCUT2D eigenvalue weighted by Gasteiger charge is 2.05. The summed E-state index contributed by atoms with van der Waals surface area (Å²) >= 11 is 3.53. The quantitative estimate of drug-likeness (QED) is 0.850. The lowest BCUT2D eigenvalue weighted by Gasteiger charge is -2.15. The van der Waals surface area contributed by atoms with Crippen LogP contribution in [0.4, 0.5) is 5.69 Å². The maximum absolute atomic E-state index is 5.81. The van der Waals surface area contributed by atoms with Crippen molar-refractivity contribution in [3.63, 3.8) is 0 Å². The number of anilines is 1. The zero-order valence-electron chi connectivity index (χ0n) is 11.2. The molecule has 0 unspecified atom stereocenters. The monoisotopic (exact) mass is 319 g/mol. The first-order chi connectivity index (χ1) is 9.16. The van der Waals surface area contributed by atoms with Crippen LogP contribution in [0.25, 0.3) is 0 Å². The van der Waals surface area contributed by atoms with Crippen LogP contribution in [0, 0.1) is 0 Å². The first kappa shape index (κ1) is 13.9. The Labute approximate surface area is 122 Å². The molecule has 0 radical (unpaired) electrons. The van der Waals surface area contributed by atoms with E-state index in [1.807, 2.05) is 50.2 Å². The summed E-state index contributed by atoms with van der Waals surface area (Å²) in [6, 6.07) is 16.2. The second-order valence-corrected chi connectivity index (χ2v) is 5.46. The van der Waals surface area contributed by atoms with E-state index in [0.29, 0.717) is 0 Å². The van der Waals surface area contributed by atoms with Crippen LogP contribution in [-0.4, -0.2) is 6.10 Å². The molecular formula is C16H18BrNO. The fraction of sp³-hybridized carbons (Fsp3) is 0.250. The van der Waals surface area contributed by atoms with E-state index < -0.39 is 0 Å². The maximum Gasteiger partial charge on any atom is 0.124 e. The highest BCUT2D eigenvalue weighted by molar-refractivity contribution is 9.10. The van der Waals surface area contributed by atoms with Crippen LogP contribution < -0.4 is 10.1 Å². The Morgan fingerprint density at radius 1 is 1.05 bits per heavy atom. The van der Waals surface area contributed by atoms with Crippen molar-refractivity contribution < 1.29 is 4.74 Å². The molecule has 0 saturated carbocycles. The van der Waals surface area contributed by atoms with Gasteiger partial charge in [0, 0.05) is 22.3 Å². The minimum atomic E-state index is 0.185. The van der Waals surface area contributed by atoms with E-state index in [2.05, 4.69) is 33.4 Å². The molecule has 2 aromatic carbocycles. The third-order valence-corrected chi connectivity index (χ3v) is 3.37. The van der Waals surface area contributed by atoms with E-state index in [1.165, 1.54) is 0 Å². The molecule has 0 spiro atoms. The lowest BCUT2D eigenvalue weighted by molar-refractivity contribution is 0.240. The summed E-state index contributed by atoms with van der Waals surface area (Å²) in [6.45, 7) is 4.82. The molecule has 2 nitrogen and oxygen atoms in total. The molecule has 0 bridgehead atoms. The minimum absolute atomic E-state index is 0.185. The maximum atomic E-state index is 5.81. The Hall–Kier alpha value is -1.48. The lowest BCUT2D eigenvalue weighted by atomic mass is 10.2. The van der Waals surface area contributed by atoms with E-state index in [0.717, 1.165) is 28.0 Å². The van der Waals surface area contributed by atoms with Crippen molar-refractivity contribution in [3.05, 3.63) is 58.6 Å². The standard InChI is InChI=1S/C16H18BrNO/c1-12(2)19-16-10-6-3-7-13(16)11-18-15-9-5-4-8-14(15)17/h3-10,12,18H,11H2,1-2H3. The number of benzene rings is 2. The van der Waals surface area contributed by atoms with Gasteiger partial charge in [-0.15, -0.1) is 0 Å². The van der Waals surface area contributed by atoms with Crippen LogP contribution in [0.15, 0.2) is 53.0 Å². The second-order valence-electron chi connectivity index (χ2n) is 4.61. The van der Waals surface area contributed by atoms with Crippen molar-refractivity contribution in [2.75, 3.05) is 5.32 Å². The second kappa shape index (κ2) is 6.62. The number of halogens is 1. The fourth-order valence-corrected chi connectivity index (χ4v) is 2.24. The molecule has 0 saturated heterocycles. The third-order valence-electron chi connectivity index (χ3n) is 2.68. The molecule has 0 aromatic heterocycles. The highest BCUT2D eigenvalue weighted by Crippen LogP contribution is 2.24. The van der Waals surface area contributed by atoms with Crippen molar-refractivity contribution in [1.82, 2.24) is 0 Å². The van der Waals surface area contributed by atoms with E-state index in [1.54, 1.807) is 0 Å². The van der Waals surface area contributed by atoms with E-state index in [-0.39, 0.29) is 6.10 Å². The molecule has 0 fully saturated rings. The van der Waals surface area contributed by atoms with Crippen molar-refractivity contribution in [1.29, 1.82) is 0 Å². The summed E-state index contributed by atoms with van der Waals surface area (Å²) in [5, 5.41) is 3.42. The van der Waals surface area contributed by atoms with Gasteiger partial charge >= 0.3 is 0 Å². The molecule has 0 atom stereocenters. The normalized spacial score (nSPS) is 10.5. The largest absolute Gasteiger partial charge is 0.491 e. The van der Waals surface area contributed by atoms with Gasteiger partial charge in [0.15, 0.2) is 0 Å². The summed E-state index contributed by atoms with van der Waals surface area (Å²) in [5.41, 5.74) is 2.24. The van der Waals surface area contributed by atoms with Gasteiger partial charge in [0.1, 0.15) is 5.75 Å². The number of hydrogen-bond donors (Lipinski definition) is 1. The molecule has 1 N–H and O–H groups in total. The molecule has 19 heavy (non-hydrogen) atoms. The molecule has 0 heterocycles. The van der Waals surface area contributed by atoms with Gasteiger partial charge in [0.05, 0.1) is 6.10 Å². The van der Waals surface area contributed by atoms with Gasteiger partial charge in [-0.2, -0.15) is 0 Å². The van der Waals surface area contributed by atoms with E-state index in [4.69, 9.17) is 4.74 Å². The number of rotatable bonds is 5. The van der Waals surface area contributed by atoms with Crippen LogP contribution >= 0.6 is 15.9 Å². The van der Waals surface area contributed by atoms with Crippen LogP contribution in [0.3, 0.4) is 0 Å². The van der Waals surface area contributed by atoms with Gasteiger partial charge in [-0.25, -0.2) is 0 Å². The number of nitrogens with one attached hydrogen (secondary N) is 1. The number of hydrogen-bond acceptors (Lipinski definition) is 2. The summed E-state index contributed by atoms with van der Waals surface area (Å²) in [7, 11) is 0. The van der Waals surface area contributed by atoms with E-state index in [9.17, 15) is 0 Å². The molecule has 2 rings (SSSR count). The molecule has 2 aromatic rings. The van der Waals surface area contributed by atoms with Crippen molar-refractivity contribution in [2.24, 2.45) is 0 Å². The van der Waals surface area contributed by atoms with Gasteiger partial charge in [-0.1, -0.05) is 30.3 Å². The van der Waals surface area contributed by atoms with Gasteiger partial charge < -0.3 is 10.1 Å². The van der Waals surface area contributed by atoms with Gasteiger partial charge in [-0.05, 0) is 48.0 Å². The predicted molar refractivity (Wildman–Crippen MR) is 83.7 cm³/mol. The summed E-state index contributed by atoms with van der Waals surface area (Å²) in [4.78, 5) is 0. The van der Waals surface area contributed by atoms with Crippen molar-refractivity contribution in [2.45, 2.75) is 26.5 Å². The SMILES string of the molecule is CC(C)Oc1ccccc1CNc1ccccc1Br. The fourth-order valence-electron chi connectivity index (χ4n) is 1.81. The smallest absolute Gasteiger partial charge is 0.124 e. The minimum Gasteiger partial charge on any atom is -0.491 e. The van der Waals surface area contributed by atoms with Gasteiger partial charge in [0.2, 0.25) is 0 Å². The lowest BCUT2D eigenvalue weighted by Crippen LogP contribution is -2.09. The molecule has 0 aliphatic carbocycles.